The smallest absolute Gasteiger partial charge is 0.0937 e. The summed E-state index contributed by atoms with van der Waals surface area (Å²) in [6, 6.07) is 0. The van der Waals surface area contributed by atoms with Gasteiger partial charge in [-0.3, -0.25) is 0 Å². The first-order valence-electron chi connectivity index (χ1n) is 1.77. The third kappa shape index (κ3) is 3.82. The van der Waals surface area contributed by atoms with Crippen molar-refractivity contribution in [2.75, 3.05) is 5.75 Å². The number of hydrogen-bond acceptors (Lipinski definition) is 2. The van der Waals surface area contributed by atoms with Gasteiger partial charge in [0.05, 0.1) is 6.34 Å². The van der Waals surface area contributed by atoms with Crippen LogP contribution in [0, 0.1) is 0 Å². The highest BCUT2D eigenvalue weighted by molar-refractivity contribution is 7.98. The van der Waals surface area contributed by atoms with Crippen LogP contribution >= 0.6 is 11.9 Å². The highest BCUT2D eigenvalue weighted by atomic mass is 32.2. The second-order valence-corrected chi connectivity index (χ2v) is 1.72. The summed E-state index contributed by atoms with van der Waals surface area (Å²) >= 11 is 1.45. The van der Waals surface area contributed by atoms with Crippen molar-refractivity contribution < 1.29 is 0 Å². The Morgan fingerprint density at radius 2 is 2.67 bits per heavy atom. The van der Waals surface area contributed by atoms with Gasteiger partial charge in [0, 0.05) is 5.75 Å². The van der Waals surface area contributed by atoms with E-state index in [1.807, 2.05) is 6.92 Å². The minimum Gasteiger partial charge on any atom is -0.389 e. The maximum absolute atomic E-state index is 4.90. The molecule has 0 aliphatic heterocycles. The number of hydrogen-bond donors (Lipinski definition) is 1. The van der Waals surface area contributed by atoms with Gasteiger partial charge in [-0.2, -0.15) is 0 Å². The van der Waals surface area contributed by atoms with Crippen molar-refractivity contribution >= 4 is 18.3 Å². The summed E-state index contributed by atoms with van der Waals surface area (Å²) < 4.78 is 3.66. The maximum Gasteiger partial charge on any atom is 0.0937 e. The quantitative estimate of drug-likeness (QED) is 0.317. The molecule has 0 bridgehead atoms. The molecule has 0 aliphatic rings. The summed E-state index contributed by atoms with van der Waals surface area (Å²) in [5.41, 5.74) is 4.90. The van der Waals surface area contributed by atoms with E-state index >= 15 is 0 Å². The molecule has 0 saturated carbocycles. The highest BCUT2D eigenvalue weighted by Gasteiger charge is 1.65. The van der Waals surface area contributed by atoms with E-state index in [1.54, 1.807) is 0 Å². The van der Waals surface area contributed by atoms with Gasteiger partial charge in [0.1, 0.15) is 0 Å². The molecule has 6 heavy (non-hydrogen) atoms. The molecule has 0 aromatic rings. The van der Waals surface area contributed by atoms with Crippen LogP contribution < -0.4 is 5.73 Å². The molecule has 0 unspecified atom stereocenters. The van der Waals surface area contributed by atoms with Crippen molar-refractivity contribution in [2.24, 2.45) is 10.1 Å². The Balaban J connectivity index is 2.66. The zero-order valence-corrected chi connectivity index (χ0v) is 4.53. The van der Waals surface area contributed by atoms with Gasteiger partial charge in [-0.15, -0.1) is 0 Å². The first-order valence-corrected chi connectivity index (χ1v) is 2.71. The zero-order valence-electron chi connectivity index (χ0n) is 3.72. The van der Waals surface area contributed by atoms with Crippen LogP contribution in [0.3, 0.4) is 0 Å². The normalized spacial score (nSPS) is 10.2. The van der Waals surface area contributed by atoms with E-state index in [0.29, 0.717) is 0 Å². The molecule has 0 saturated heterocycles. The van der Waals surface area contributed by atoms with Crippen molar-refractivity contribution in [1.29, 1.82) is 0 Å². The first-order chi connectivity index (χ1) is 2.91. The Morgan fingerprint density at radius 3 is 2.83 bits per heavy atom. The van der Waals surface area contributed by atoms with Crippen molar-refractivity contribution in [2.45, 2.75) is 6.92 Å². The van der Waals surface area contributed by atoms with Crippen LogP contribution in [0.5, 0.6) is 0 Å². The topological polar surface area (TPSA) is 38.4 Å². The molecule has 0 heterocycles. The average molecular weight is 104 g/mol. The standard InChI is InChI=1S/C3H8N2S/c1-2-6-5-3-4/h3H,2H2,1H3,(H2,4,5). The lowest BCUT2D eigenvalue weighted by Crippen LogP contribution is -1.84. The van der Waals surface area contributed by atoms with Crippen molar-refractivity contribution in [1.82, 2.24) is 0 Å². The zero-order chi connectivity index (χ0) is 4.83. The number of nitrogens with two attached hydrogens (primary N) is 1. The Bertz CT molecular complexity index is 44.1. The Labute approximate surface area is 42.0 Å². The van der Waals surface area contributed by atoms with E-state index < -0.39 is 0 Å². The van der Waals surface area contributed by atoms with Crippen LogP contribution in [-0.4, -0.2) is 12.1 Å². The molecule has 0 aliphatic carbocycles. The summed E-state index contributed by atoms with van der Waals surface area (Å²) in [6.45, 7) is 2.03. The van der Waals surface area contributed by atoms with Crippen LogP contribution in [0.2, 0.25) is 0 Å². The van der Waals surface area contributed by atoms with E-state index in [0.717, 1.165) is 5.75 Å². The van der Waals surface area contributed by atoms with Crippen molar-refractivity contribution in [3.8, 4) is 0 Å². The lowest BCUT2D eigenvalue weighted by atomic mass is 11.0. The predicted octanol–water partition coefficient (Wildman–Crippen LogP) is 0.642. The van der Waals surface area contributed by atoms with Gasteiger partial charge in [0.2, 0.25) is 0 Å². The molecule has 0 fully saturated rings. The fraction of sp³-hybridized carbons (Fsp3) is 0.667. The number of nitrogens with zero attached hydrogens (tertiary/aromatic N) is 1. The van der Waals surface area contributed by atoms with Crippen LogP contribution in [0.4, 0.5) is 0 Å². The molecule has 3 heteroatoms. The molecule has 2 nitrogen and oxygen atoms in total. The fourth-order valence-corrected chi connectivity index (χ4v) is 0.353. The Hall–Kier alpha value is -0.180. The van der Waals surface area contributed by atoms with Gasteiger partial charge in [-0.1, -0.05) is 6.92 Å². The molecular formula is C3H8N2S. The van der Waals surface area contributed by atoms with Crippen LogP contribution in [0.1, 0.15) is 6.92 Å². The van der Waals surface area contributed by atoms with E-state index in [9.17, 15) is 0 Å². The predicted molar refractivity (Wildman–Crippen MR) is 30.8 cm³/mol. The average Bonchev–Trinajstić information content (AvgIpc) is 1.61. The highest BCUT2D eigenvalue weighted by Crippen LogP contribution is 1.95. The first kappa shape index (κ1) is 5.82. The van der Waals surface area contributed by atoms with Gasteiger partial charge in [-0.25, -0.2) is 4.40 Å². The van der Waals surface area contributed by atoms with Crippen molar-refractivity contribution in [3.63, 3.8) is 0 Å². The Morgan fingerprint density at radius 1 is 2.00 bits per heavy atom. The second kappa shape index (κ2) is 4.82. The molecule has 0 amide bonds. The summed E-state index contributed by atoms with van der Waals surface area (Å²) in [5, 5.41) is 0. The molecular weight excluding hydrogens is 96.1 g/mol. The van der Waals surface area contributed by atoms with E-state index in [4.69, 9.17) is 5.73 Å². The molecule has 0 aromatic carbocycles. The van der Waals surface area contributed by atoms with Crippen molar-refractivity contribution in [3.05, 3.63) is 0 Å². The van der Waals surface area contributed by atoms with E-state index in [2.05, 4.69) is 4.40 Å². The minimum atomic E-state index is 0.994. The van der Waals surface area contributed by atoms with Gasteiger partial charge in [0.25, 0.3) is 0 Å². The van der Waals surface area contributed by atoms with Crippen LogP contribution in [0.25, 0.3) is 0 Å². The fourth-order valence-electron chi connectivity index (χ4n) is 0.118. The van der Waals surface area contributed by atoms with Gasteiger partial charge in [-0.05, 0) is 11.9 Å². The SMILES string of the molecule is CCS/N=C\N. The molecule has 0 rings (SSSR count). The molecule has 0 radical (unpaired) electrons. The molecule has 0 aromatic heterocycles. The molecule has 0 spiro atoms. The summed E-state index contributed by atoms with van der Waals surface area (Å²) in [5.74, 6) is 0.994. The summed E-state index contributed by atoms with van der Waals surface area (Å²) in [7, 11) is 0. The third-order valence-electron chi connectivity index (χ3n) is 0.264. The third-order valence-corrected chi connectivity index (χ3v) is 0.793. The minimum absolute atomic E-state index is 0.994. The number of rotatable bonds is 2. The lowest BCUT2D eigenvalue weighted by Gasteiger charge is -1.76. The monoisotopic (exact) mass is 104 g/mol. The molecule has 36 valence electrons. The van der Waals surface area contributed by atoms with E-state index in [-0.39, 0.29) is 0 Å². The molecule has 2 N–H and O–H groups in total. The molecule has 0 atom stereocenters. The lowest BCUT2D eigenvalue weighted by molar-refractivity contribution is 1.52. The largest absolute Gasteiger partial charge is 0.389 e. The van der Waals surface area contributed by atoms with Gasteiger partial charge < -0.3 is 5.73 Å². The Kier molecular flexibility index (Phi) is 4.68. The maximum atomic E-state index is 4.90. The van der Waals surface area contributed by atoms with Crippen LogP contribution in [0.15, 0.2) is 4.40 Å². The summed E-state index contributed by atoms with van der Waals surface area (Å²) in [6.07, 6.45) is 1.30. The van der Waals surface area contributed by atoms with E-state index in [1.165, 1.54) is 18.3 Å². The van der Waals surface area contributed by atoms with Gasteiger partial charge in [0.15, 0.2) is 0 Å². The van der Waals surface area contributed by atoms with Gasteiger partial charge >= 0.3 is 0 Å². The summed E-state index contributed by atoms with van der Waals surface area (Å²) in [4.78, 5) is 0. The second-order valence-electron chi connectivity index (χ2n) is 0.672. The van der Waals surface area contributed by atoms with Crippen LogP contribution in [-0.2, 0) is 0 Å².